The third kappa shape index (κ3) is 7.09. The third-order valence-electron chi connectivity index (χ3n) is 3.02. The maximum absolute atomic E-state index is 11.8. The van der Waals surface area contributed by atoms with Crippen molar-refractivity contribution >= 4 is 11.6 Å². The summed E-state index contributed by atoms with van der Waals surface area (Å²) in [4.78, 5) is 11.8. The van der Waals surface area contributed by atoms with Crippen LogP contribution >= 0.6 is 0 Å². The van der Waals surface area contributed by atoms with Crippen LogP contribution in [0.1, 0.15) is 58.6 Å². The summed E-state index contributed by atoms with van der Waals surface area (Å²) in [5.74, 6) is 0.0876. The van der Waals surface area contributed by atoms with Crippen LogP contribution in [0, 0.1) is 0 Å². The second-order valence-electron chi connectivity index (χ2n) is 4.53. The van der Waals surface area contributed by atoms with Crippen LogP contribution in [0.2, 0.25) is 0 Å². The summed E-state index contributed by atoms with van der Waals surface area (Å²) in [7, 11) is 1.92. The maximum Gasteiger partial charge on any atom is 0.224 e. The number of amides is 1. The predicted octanol–water partition coefficient (Wildman–Crippen LogP) is 4.68. The van der Waals surface area contributed by atoms with Crippen molar-refractivity contribution in [1.29, 1.82) is 0 Å². The van der Waals surface area contributed by atoms with Crippen molar-refractivity contribution in [2.45, 2.75) is 53.0 Å². The van der Waals surface area contributed by atoms with Gasteiger partial charge in [-0.1, -0.05) is 57.5 Å². The monoisotopic (exact) mass is 290 g/mol. The lowest BCUT2D eigenvalue weighted by atomic mass is 10.0. The Labute approximate surface area is 129 Å². The van der Waals surface area contributed by atoms with E-state index in [1.54, 1.807) is 0 Å². The van der Waals surface area contributed by atoms with Gasteiger partial charge in [-0.05, 0) is 32.0 Å². The van der Waals surface area contributed by atoms with Gasteiger partial charge in [-0.25, -0.2) is 0 Å². The van der Waals surface area contributed by atoms with Crippen molar-refractivity contribution in [3.8, 4) is 0 Å². The molecule has 1 aromatic carbocycles. The normalized spacial score (nSPS) is 11.7. The van der Waals surface area contributed by atoms with Gasteiger partial charge in [-0.3, -0.25) is 4.79 Å². The lowest BCUT2D eigenvalue weighted by molar-refractivity contribution is -0.116. The summed E-state index contributed by atoms with van der Waals surface area (Å²) >= 11 is 0. The number of benzene rings is 1. The molecule has 1 atom stereocenters. The van der Waals surface area contributed by atoms with E-state index in [9.17, 15) is 4.79 Å². The molecule has 21 heavy (non-hydrogen) atoms. The van der Waals surface area contributed by atoms with E-state index in [2.05, 4.69) is 23.6 Å². The van der Waals surface area contributed by atoms with Gasteiger partial charge in [0.2, 0.25) is 5.91 Å². The number of hydrogen-bond donors (Lipinski definition) is 2. The predicted molar refractivity (Wildman–Crippen MR) is 92.6 cm³/mol. The Balaban J connectivity index is 0.00000191. The summed E-state index contributed by atoms with van der Waals surface area (Å²) in [5.41, 5.74) is 1.98. The lowest BCUT2D eigenvalue weighted by Crippen LogP contribution is -2.18. The van der Waals surface area contributed by atoms with Gasteiger partial charge in [0, 0.05) is 12.1 Å². The number of likely N-dealkylation sites (N-methyl/N-ethyl adjacent to an activating group) is 1. The van der Waals surface area contributed by atoms with Gasteiger partial charge in [0.15, 0.2) is 0 Å². The van der Waals surface area contributed by atoms with Gasteiger partial charge < -0.3 is 10.6 Å². The number of allylic oxidation sites excluding steroid dienone is 1. The molecular weight excluding hydrogens is 260 g/mol. The first kappa shape index (κ1) is 19.4. The Morgan fingerprint density at radius 3 is 2.52 bits per heavy atom. The lowest BCUT2D eigenvalue weighted by Gasteiger charge is -2.17. The minimum Gasteiger partial charge on any atom is -0.326 e. The van der Waals surface area contributed by atoms with Crippen molar-refractivity contribution in [3.05, 3.63) is 42.0 Å². The van der Waals surface area contributed by atoms with Gasteiger partial charge >= 0.3 is 0 Å². The number of carbonyl (C=O) groups excluding carboxylic acids is 1. The molecule has 0 fully saturated rings. The van der Waals surface area contributed by atoms with E-state index in [-0.39, 0.29) is 11.9 Å². The topological polar surface area (TPSA) is 41.1 Å². The number of rotatable bonds is 7. The SMILES string of the molecule is CC.CC=CC(NC)c1ccccc1NC(=O)CCCC. The molecule has 0 saturated carbocycles. The zero-order valence-electron chi connectivity index (χ0n) is 14.1. The molecule has 0 spiro atoms. The average molecular weight is 290 g/mol. The molecule has 1 unspecified atom stereocenters. The standard InChI is InChI=1S/C16H24N2O.C2H6/c1-4-6-12-16(19)18-15-11-8-7-10-13(15)14(17-3)9-5-2;1-2/h5,7-11,14,17H,4,6,12H2,1-3H3,(H,18,19);1-2H3. The van der Waals surface area contributed by atoms with Crippen LogP contribution < -0.4 is 10.6 Å². The molecule has 0 heterocycles. The molecule has 1 aromatic rings. The zero-order valence-corrected chi connectivity index (χ0v) is 14.1. The molecule has 1 amide bonds. The first-order valence-electron chi connectivity index (χ1n) is 7.91. The van der Waals surface area contributed by atoms with Crippen molar-refractivity contribution in [2.24, 2.45) is 0 Å². The summed E-state index contributed by atoms with van der Waals surface area (Å²) in [6.45, 7) is 8.08. The van der Waals surface area contributed by atoms with E-state index in [4.69, 9.17) is 0 Å². The average Bonchev–Trinajstić information content (AvgIpc) is 2.53. The molecule has 0 saturated heterocycles. The summed E-state index contributed by atoms with van der Waals surface area (Å²) < 4.78 is 0. The van der Waals surface area contributed by atoms with Gasteiger partial charge in [-0.2, -0.15) is 0 Å². The minimum atomic E-state index is 0.0876. The van der Waals surface area contributed by atoms with Gasteiger partial charge in [0.1, 0.15) is 0 Å². The molecule has 0 aliphatic heterocycles. The highest BCUT2D eigenvalue weighted by atomic mass is 16.1. The van der Waals surface area contributed by atoms with Crippen LogP contribution in [0.3, 0.4) is 0 Å². The Bertz CT molecular complexity index is 427. The van der Waals surface area contributed by atoms with Crippen molar-refractivity contribution in [3.63, 3.8) is 0 Å². The molecule has 0 radical (unpaired) electrons. The first-order chi connectivity index (χ1) is 10.2. The molecule has 0 aliphatic carbocycles. The molecule has 0 bridgehead atoms. The second kappa shape index (κ2) is 12.2. The summed E-state index contributed by atoms with van der Waals surface area (Å²) in [5, 5.41) is 6.24. The Kier molecular flexibility index (Phi) is 11.2. The molecular formula is C18H30N2O. The first-order valence-corrected chi connectivity index (χ1v) is 7.91. The van der Waals surface area contributed by atoms with E-state index in [0.29, 0.717) is 6.42 Å². The highest BCUT2D eigenvalue weighted by Gasteiger charge is 2.11. The highest BCUT2D eigenvalue weighted by Crippen LogP contribution is 2.23. The molecule has 0 aromatic heterocycles. The van der Waals surface area contributed by atoms with E-state index in [1.165, 1.54) is 0 Å². The molecule has 1 rings (SSSR count). The van der Waals surface area contributed by atoms with E-state index in [1.807, 2.05) is 58.2 Å². The van der Waals surface area contributed by atoms with Crippen LogP contribution in [-0.4, -0.2) is 13.0 Å². The number of anilines is 1. The Hall–Kier alpha value is -1.61. The van der Waals surface area contributed by atoms with Crippen LogP contribution in [0.5, 0.6) is 0 Å². The minimum absolute atomic E-state index is 0.0876. The molecule has 118 valence electrons. The van der Waals surface area contributed by atoms with Gasteiger partial charge in [0.25, 0.3) is 0 Å². The smallest absolute Gasteiger partial charge is 0.224 e. The number of carbonyl (C=O) groups is 1. The fourth-order valence-electron chi connectivity index (χ4n) is 1.98. The Morgan fingerprint density at radius 1 is 1.29 bits per heavy atom. The van der Waals surface area contributed by atoms with E-state index in [0.717, 1.165) is 24.1 Å². The number of para-hydroxylation sites is 1. The largest absolute Gasteiger partial charge is 0.326 e. The molecule has 3 heteroatoms. The van der Waals surface area contributed by atoms with Crippen LogP contribution in [0.25, 0.3) is 0 Å². The number of nitrogens with one attached hydrogen (secondary N) is 2. The Morgan fingerprint density at radius 2 is 1.95 bits per heavy atom. The highest BCUT2D eigenvalue weighted by molar-refractivity contribution is 5.91. The van der Waals surface area contributed by atoms with Gasteiger partial charge in [-0.15, -0.1) is 0 Å². The van der Waals surface area contributed by atoms with Crippen LogP contribution in [0.4, 0.5) is 5.69 Å². The van der Waals surface area contributed by atoms with Crippen molar-refractivity contribution in [2.75, 3.05) is 12.4 Å². The molecule has 3 nitrogen and oxygen atoms in total. The molecule has 2 N–H and O–H groups in total. The van der Waals surface area contributed by atoms with Crippen molar-refractivity contribution < 1.29 is 4.79 Å². The van der Waals surface area contributed by atoms with Crippen molar-refractivity contribution in [1.82, 2.24) is 5.32 Å². The summed E-state index contributed by atoms with van der Waals surface area (Å²) in [6.07, 6.45) is 6.64. The number of hydrogen-bond acceptors (Lipinski definition) is 2. The quantitative estimate of drug-likeness (QED) is 0.716. The van der Waals surface area contributed by atoms with E-state index >= 15 is 0 Å². The van der Waals surface area contributed by atoms with Crippen LogP contribution in [0.15, 0.2) is 36.4 Å². The third-order valence-corrected chi connectivity index (χ3v) is 3.02. The summed E-state index contributed by atoms with van der Waals surface area (Å²) in [6, 6.07) is 8.04. The van der Waals surface area contributed by atoms with E-state index < -0.39 is 0 Å². The second-order valence-corrected chi connectivity index (χ2v) is 4.53. The van der Waals surface area contributed by atoms with Gasteiger partial charge in [0.05, 0.1) is 6.04 Å². The molecule has 0 aliphatic rings. The fraction of sp³-hybridized carbons (Fsp3) is 0.500. The number of unbranched alkanes of at least 4 members (excludes halogenated alkanes) is 1. The maximum atomic E-state index is 11.8. The van der Waals surface area contributed by atoms with Crippen LogP contribution in [-0.2, 0) is 4.79 Å². The fourth-order valence-corrected chi connectivity index (χ4v) is 1.98. The zero-order chi connectivity index (χ0) is 16.1.